The molecule has 0 saturated carbocycles. The Hall–Kier alpha value is -2.25. The summed E-state index contributed by atoms with van der Waals surface area (Å²) in [7, 11) is 0. The van der Waals surface area contributed by atoms with E-state index in [1.807, 2.05) is 0 Å². The Morgan fingerprint density at radius 1 is 0.783 bits per heavy atom. The highest BCUT2D eigenvalue weighted by Crippen LogP contribution is 2.14. The van der Waals surface area contributed by atoms with Crippen molar-refractivity contribution in [3.05, 3.63) is 11.8 Å². The van der Waals surface area contributed by atoms with E-state index in [2.05, 4.69) is 0 Å². The van der Waals surface area contributed by atoms with Gasteiger partial charge in [0.1, 0.15) is 5.70 Å². The molecule has 2 saturated heterocycles. The van der Waals surface area contributed by atoms with Gasteiger partial charge in [0.05, 0.1) is 0 Å². The van der Waals surface area contributed by atoms with Gasteiger partial charge < -0.3 is 25.7 Å². The summed E-state index contributed by atoms with van der Waals surface area (Å²) in [5, 5.41) is 17.3. The van der Waals surface area contributed by atoms with Gasteiger partial charge in [-0.2, -0.15) is 0 Å². The van der Waals surface area contributed by atoms with Crippen LogP contribution in [0.1, 0.15) is 38.5 Å². The zero-order valence-electron chi connectivity index (χ0n) is 13.2. The van der Waals surface area contributed by atoms with Gasteiger partial charge >= 0.3 is 12.1 Å². The maximum absolute atomic E-state index is 10.8. The van der Waals surface area contributed by atoms with Gasteiger partial charge in [0.2, 0.25) is 5.91 Å². The second-order valence-corrected chi connectivity index (χ2v) is 5.62. The van der Waals surface area contributed by atoms with Crippen LogP contribution in [0.2, 0.25) is 0 Å². The van der Waals surface area contributed by atoms with E-state index < -0.39 is 18.0 Å². The van der Waals surface area contributed by atoms with Crippen LogP contribution < -0.4 is 5.73 Å². The smallest absolute Gasteiger partial charge is 0.407 e. The fourth-order valence-electron chi connectivity index (χ4n) is 2.64. The summed E-state index contributed by atoms with van der Waals surface area (Å²) < 4.78 is 0. The Kier molecular flexibility index (Phi) is 7.93. The highest BCUT2D eigenvalue weighted by Gasteiger charge is 2.19. The molecule has 0 bridgehead atoms. The third-order valence-electron chi connectivity index (χ3n) is 3.82. The van der Waals surface area contributed by atoms with E-state index in [0.717, 1.165) is 51.3 Å². The maximum atomic E-state index is 10.8. The number of carbonyl (C=O) groups is 3. The lowest BCUT2D eigenvalue weighted by molar-refractivity contribution is -0.135. The molecule has 0 aromatic heterocycles. The van der Waals surface area contributed by atoms with Gasteiger partial charge in [-0.1, -0.05) is 0 Å². The molecule has 2 amide bonds. The van der Waals surface area contributed by atoms with Crippen LogP contribution in [0.3, 0.4) is 0 Å². The van der Waals surface area contributed by atoms with E-state index >= 15 is 0 Å². The van der Waals surface area contributed by atoms with E-state index in [1.165, 1.54) is 11.3 Å². The van der Waals surface area contributed by atoms with Crippen LogP contribution in [0.15, 0.2) is 11.8 Å². The van der Waals surface area contributed by atoms with Gasteiger partial charge in [0, 0.05) is 32.3 Å². The van der Waals surface area contributed by atoms with Crippen LogP contribution in [0.25, 0.3) is 0 Å². The van der Waals surface area contributed by atoms with E-state index in [9.17, 15) is 14.4 Å². The van der Waals surface area contributed by atoms with Crippen LogP contribution in [0, 0.1) is 0 Å². The molecular formula is C15H25N3O5. The van der Waals surface area contributed by atoms with Crippen molar-refractivity contribution >= 4 is 18.0 Å². The van der Waals surface area contributed by atoms with Crippen LogP contribution >= 0.6 is 0 Å². The summed E-state index contributed by atoms with van der Waals surface area (Å²) in [5.41, 5.74) is 4.94. The largest absolute Gasteiger partial charge is 0.477 e. The molecule has 0 radical (unpaired) electrons. The molecule has 4 N–H and O–H groups in total. The average molecular weight is 327 g/mol. The first-order valence-electron chi connectivity index (χ1n) is 7.89. The van der Waals surface area contributed by atoms with Gasteiger partial charge in [-0.05, 0) is 38.5 Å². The van der Waals surface area contributed by atoms with E-state index in [0.29, 0.717) is 13.1 Å². The summed E-state index contributed by atoms with van der Waals surface area (Å²) >= 11 is 0. The predicted octanol–water partition coefficient (Wildman–Crippen LogP) is 1.08. The molecule has 0 aromatic carbocycles. The Balaban J connectivity index is 0.000000253. The third kappa shape index (κ3) is 7.03. The quantitative estimate of drug-likeness (QED) is 0.666. The zero-order valence-corrected chi connectivity index (χ0v) is 13.2. The van der Waals surface area contributed by atoms with Gasteiger partial charge in [-0.25, -0.2) is 9.59 Å². The first-order chi connectivity index (χ1) is 10.9. The van der Waals surface area contributed by atoms with Gasteiger partial charge in [-0.3, -0.25) is 4.79 Å². The number of nitrogens with zero attached hydrogens (tertiary/aromatic N) is 2. The summed E-state index contributed by atoms with van der Waals surface area (Å²) in [6.07, 6.45) is 6.50. The van der Waals surface area contributed by atoms with Crippen molar-refractivity contribution in [3.63, 3.8) is 0 Å². The lowest BCUT2D eigenvalue weighted by atomic mass is 10.1. The molecule has 8 nitrogen and oxygen atoms in total. The number of likely N-dealkylation sites (tertiary alicyclic amines) is 2. The Labute approximate surface area is 135 Å². The SMILES string of the molecule is NC(=O)/C=C(\C(=O)O)N1CCCCC1.O=C(O)N1CCCCC1. The molecular weight excluding hydrogens is 302 g/mol. The minimum Gasteiger partial charge on any atom is -0.477 e. The Morgan fingerprint density at radius 2 is 1.22 bits per heavy atom. The first-order valence-corrected chi connectivity index (χ1v) is 7.89. The number of carbonyl (C=O) groups excluding carboxylic acids is 1. The summed E-state index contributed by atoms with van der Waals surface area (Å²) in [4.78, 5) is 34.9. The number of amides is 2. The molecule has 8 heteroatoms. The van der Waals surface area contributed by atoms with Crippen molar-refractivity contribution in [3.8, 4) is 0 Å². The fraction of sp³-hybridized carbons (Fsp3) is 0.667. The highest BCUT2D eigenvalue weighted by molar-refractivity contribution is 5.96. The molecule has 2 aliphatic heterocycles. The lowest BCUT2D eigenvalue weighted by Gasteiger charge is -2.28. The van der Waals surface area contributed by atoms with Crippen molar-refractivity contribution in [2.24, 2.45) is 5.73 Å². The molecule has 0 aliphatic carbocycles. The van der Waals surface area contributed by atoms with Crippen LogP contribution in [-0.2, 0) is 9.59 Å². The van der Waals surface area contributed by atoms with E-state index in [-0.39, 0.29) is 5.70 Å². The lowest BCUT2D eigenvalue weighted by Crippen LogP contribution is -2.34. The number of hydrogen-bond donors (Lipinski definition) is 3. The van der Waals surface area contributed by atoms with Crippen LogP contribution in [0.5, 0.6) is 0 Å². The summed E-state index contributed by atoms with van der Waals surface area (Å²) in [5.74, 6) is -1.81. The molecule has 2 heterocycles. The van der Waals surface area contributed by atoms with Gasteiger partial charge in [0.15, 0.2) is 0 Å². The summed E-state index contributed by atoms with van der Waals surface area (Å²) in [6.45, 7) is 2.83. The minimum atomic E-state index is -1.09. The number of carboxylic acids is 1. The summed E-state index contributed by atoms with van der Waals surface area (Å²) in [6, 6.07) is 0. The second-order valence-electron chi connectivity index (χ2n) is 5.62. The highest BCUT2D eigenvalue weighted by atomic mass is 16.4. The Bertz CT molecular complexity index is 452. The normalized spacial score (nSPS) is 18.7. The molecule has 0 spiro atoms. The number of hydrogen-bond acceptors (Lipinski definition) is 4. The van der Waals surface area contributed by atoms with E-state index in [4.69, 9.17) is 15.9 Å². The first kappa shape index (κ1) is 18.8. The zero-order chi connectivity index (χ0) is 17.2. The average Bonchev–Trinajstić information content (AvgIpc) is 2.54. The fourth-order valence-corrected chi connectivity index (χ4v) is 2.64. The van der Waals surface area contributed by atoms with Gasteiger partial charge in [-0.15, -0.1) is 0 Å². The third-order valence-corrected chi connectivity index (χ3v) is 3.82. The number of aliphatic carboxylic acids is 1. The van der Waals surface area contributed by atoms with Crippen molar-refractivity contribution in [1.29, 1.82) is 0 Å². The molecule has 130 valence electrons. The number of nitrogens with two attached hydrogens (primary N) is 1. The van der Waals surface area contributed by atoms with E-state index in [1.54, 1.807) is 4.90 Å². The molecule has 0 aromatic rings. The van der Waals surface area contributed by atoms with Gasteiger partial charge in [0.25, 0.3) is 0 Å². The maximum Gasteiger partial charge on any atom is 0.407 e. The van der Waals surface area contributed by atoms with Crippen molar-refractivity contribution < 1.29 is 24.6 Å². The van der Waals surface area contributed by atoms with Crippen molar-refractivity contribution in [2.45, 2.75) is 38.5 Å². The minimum absolute atomic E-state index is 0.0113. The number of carboxylic acid groups (broad SMARTS) is 2. The molecule has 2 fully saturated rings. The Morgan fingerprint density at radius 3 is 1.52 bits per heavy atom. The molecule has 0 atom stereocenters. The monoisotopic (exact) mass is 327 g/mol. The standard InChI is InChI=1S/C9H14N2O3.C6H11NO2/c10-8(12)6-7(9(13)14)11-4-2-1-3-5-11;8-6(9)7-4-2-1-3-5-7/h6H,1-5H2,(H2,10,12)(H,13,14);1-5H2,(H,8,9)/b7-6+;. The second kappa shape index (κ2) is 9.70. The number of rotatable bonds is 3. The van der Waals surface area contributed by atoms with Crippen molar-refractivity contribution in [1.82, 2.24) is 9.80 Å². The molecule has 2 rings (SSSR count). The number of primary amides is 1. The van der Waals surface area contributed by atoms with Crippen molar-refractivity contribution in [2.75, 3.05) is 26.2 Å². The predicted molar refractivity (Wildman–Crippen MR) is 83.8 cm³/mol. The van der Waals surface area contributed by atoms with Crippen LogP contribution in [-0.4, -0.2) is 64.2 Å². The molecule has 23 heavy (non-hydrogen) atoms. The molecule has 2 aliphatic rings. The molecule has 0 unspecified atom stereocenters. The van der Waals surface area contributed by atoms with Crippen LogP contribution in [0.4, 0.5) is 4.79 Å². The number of piperidine rings is 2. The topological polar surface area (TPSA) is 124 Å².